The van der Waals surface area contributed by atoms with Gasteiger partial charge in [0.25, 0.3) is 11.8 Å². The third-order valence-corrected chi connectivity index (χ3v) is 6.43. The second kappa shape index (κ2) is 12.7. The van der Waals surface area contributed by atoms with Crippen LogP contribution in [0.5, 0.6) is 5.75 Å². The molecule has 0 saturated heterocycles. The Labute approximate surface area is 207 Å². The lowest BCUT2D eigenvalue weighted by Gasteiger charge is -2.28. The molecule has 0 radical (unpaired) electrons. The van der Waals surface area contributed by atoms with Gasteiger partial charge in [-0.05, 0) is 75.5 Å². The number of nitrogens with one attached hydrogen (secondary N) is 3. The van der Waals surface area contributed by atoms with Crippen molar-refractivity contribution in [2.75, 3.05) is 7.11 Å². The van der Waals surface area contributed by atoms with Gasteiger partial charge in [0, 0.05) is 11.6 Å². The molecule has 3 amide bonds. The number of benzene rings is 1. The summed E-state index contributed by atoms with van der Waals surface area (Å²) in [5, 5.41) is 19.4. The van der Waals surface area contributed by atoms with Gasteiger partial charge in [-0.3, -0.25) is 14.4 Å². The predicted molar refractivity (Wildman–Crippen MR) is 134 cm³/mol. The highest BCUT2D eigenvalue weighted by molar-refractivity contribution is 5.98. The Hall–Kier alpha value is -2.87. The van der Waals surface area contributed by atoms with E-state index in [1.165, 1.54) is 7.11 Å². The first-order valence-electron chi connectivity index (χ1n) is 12.7. The monoisotopic (exact) mass is 485 g/mol. The predicted octanol–water partition coefficient (Wildman–Crippen LogP) is 2.85. The van der Waals surface area contributed by atoms with Crippen molar-refractivity contribution in [2.24, 2.45) is 5.92 Å². The normalized spacial score (nSPS) is 18.1. The van der Waals surface area contributed by atoms with E-state index in [-0.39, 0.29) is 17.9 Å². The van der Waals surface area contributed by atoms with Crippen molar-refractivity contribution in [2.45, 2.75) is 89.4 Å². The van der Waals surface area contributed by atoms with Crippen molar-refractivity contribution < 1.29 is 24.2 Å². The summed E-state index contributed by atoms with van der Waals surface area (Å²) in [7, 11) is 1.53. The minimum Gasteiger partial charge on any atom is -0.497 e. The van der Waals surface area contributed by atoms with Gasteiger partial charge in [-0.25, -0.2) is 0 Å². The highest BCUT2D eigenvalue weighted by atomic mass is 16.5. The lowest BCUT2D eigenvalue weighted by Crippen LogP contribution is -2.56. The van der Waals surface area contributed by atoms with Crippen molar-refractivity contribution in [1.82, 2.24) is 16.0 Å². The van der Waals surface area contributed by atoms with E-state index in [0.29, 0.717) is 24.2 Å². The van der Waals surface area contributed by atoms with Gasteiger partial charge >= 0.3 is 0 Å². The van der Waals surface area contributed by atoms with Gasteiger partial charge in [-0.2, -0.15) is 0 Å². The fourth-order valence-corrected chi connectivity index (χ4v) is 4.30. The van der Waals surface area contributed by atoms with Crippen LogP contribution in [-0.4, -0.2) is 54.2 Å². The first-order chi connectivity index (χ1) is 16.8. The summed E-state index contributed by atoms with van der Waals surface area (Å²) in [5.74, 6) is -0.569. The second-order valence-electron chi connectivity index (χ2n) is 10.0. The van der Waals surface area contributed by atoms with Gasteiger partial charge in [0.05, 0.1) is 13.2 Å². The van der Waals surface area contributed by atoms with Crippen LogP contribution in [0.1, 0.15) is 75.6 Å². The zero-order chi connectivity index (χ0) is 25.4. The topological polar surface area (TPSA) is 117 Å². The first-order valence-corrected chi connectivity index (χ1v) is 12.7. The van der Waals surface area contributed by atoms with Crippen LogP contribution in [0.4, 0.5) is 0 Å². The summed E-state index contributed by atoms with van der Waals surface area (Å²) in [6.07, 6.45) is 7.46. The van der Waals surface area contributed by atoms with Crippen molar-refractivity contribution in [1.29, 1.82) is 0 Å². The van der Waals surface area contributed by atoms with Crippen LogP contribution in [0.15, 0.2) is 35.9 Å². The summed E-state index contributed by atoms with van der Waals surface area (Å²) in [4.78, 5) is 38.9. The van der Waals surface area contributed by atoms with Gasteiger partial charge in [-0.1, -0.05) is 31.6 Å². The summed E-state index contributed by atoms with van der Waals surface area (Å²) in [6.45, 7) is 3.94. The number of rotatable bonds is 12. The molecule has 2 aliphatic rings. The molecule has 0 aromatic heterocycles. The summed E-state index contributed by atoms with van der Waals surface area (Å²) >= 11 is 0. The Balaban J connectivity index is 1.73. The number of ether oxygens (including phenoxy) is 1. The molecule has 3 rings (SSSR count). The Morgan fingerprint density at radius 3 is 2.51 bits per heavy atom. The van der Waals surface area contributed by atoms with Gasteiger partial charge in [0.1, 0.15) is 11.8 Å². The molecule has 3 atom stereocenters. The number of hydrogen-bond donors (Lipinski definition) is 4. The quantitative estimate of drug-likeness (QED) is 0.340. The van der Waals surface area contributed by atoms with Crippen molar-refractivity contribution in [3.8, 4) is 5.75 Å². The van der Waals surface area contributed by atoms with Gasteiger partial charge in [0.2, 0.25) is 5.91 Å². The van der Waals surface area contributed by atoms with Crippen LogP contribution in [0, 0.1) is 5.92 Å². The largest absolute Gasteiger partial charge is 0.497 e. The molecule has 1 aromatic carbocycles. The maximum atomic E-state index is 13.4. The van der Waals surface area contributed by atoms with E-state index < -0.39 is 30.0 Å². The molecule has 1 unspecified atom stereocenters. The zero-order valence-corrected chi connectivity index (χ0v) is 21.0. The molecule has 0 heterocycles. The maximum absolute atomic E-state index is 13.4. The summed E-state index contributed by atoms with van der Waals surface area (Å²) in [6, 6.07) is 5.26. The minimum absolute atomic E-state index is 0.109. The van der Waals surface area contributed by atoms with Crippen LogP contribution in [0.3, 0.4) is 0 Å². The van der Waals surface area contributed by atoms with E-state index in [4.69, 9.17) is 4.74 Å². The second-order valence-corrected chi connectivity index (χ2v) is 10.0. The number of aliphatic hydroxyl groups is 1. The fraction of sp³-hybridized carbons (Fsp3) is 0.593. The zero-order valence-electron chi connectivity index (χ0n) is 21.0. The number of hydrogen-bond acceptors (Lipinski definition) is 5. The third kappa shape index (κ3) is 8.38. The molecule has 35 heavy (non-hydrogen) atoms. The molecule has 192 valence electrons. The molecule has 2 aliphatic carbocycles. The van der Waals surface area contributed by atoms with Crippen molar-refractivity contribution >= 4 is 17.7 Å². The number of carbonyl (C=O) groups is 3. The van der Waals surface area contributed by atoms with E-state index in [1.807, 2.05) is 13.8 Å². The van der Waals surface area contributed by atoms with Crippen LogP contribution in [0.2, 0.25) is 0 Å². The standard InChI is InChI=1S/C27H39N3O5/c1-17(2)14-23(30-25(32)19-10-7-11-21(16-19)35-3)26(33)29-22(15-18-8-5-4-6-9-18)24(31)27(34)28-20-12-13-20/h7-8,10-11,16-17,20,22-24,31H,4-6,9,12-15H2,1-3H3,(H,28,34)(H,29,33)(H,30,32)/t22-,23-,24?/m0/s1. The molecule has 8 heteroatoms. The van der Waals surface area contributed by atoms with Gasteiger partial charge < -0.3 is 25.8 Å². The number of methoxy groups -OCH3 is 1. The lowest BCUT2D eigenvalue weighted by molar-refractivity contribution is -0.132. The molecule has 0 spiro atoms. The molecule has 8 nitrogen and oxygen atoms in total. The maximum Gasteiger partial charge on any atom is 0.252 e. The molecule has 1 saturated carbocycles. The van der Waals surface area contributed by atoms with E-state index in [0.717, 1.165) is 44.1 Å². The lowest BCUT2D eigenvalue weighted by atomic mass is 9.91. The number of allylic oxidation sites excluding steroid dienone is 1. The molecule has 1 fully saturated rings. The van der Waals surface area contributed by atoms with E-state index in [9.17, 15) is 19.5 Å². The molecule has 4 N–H and O–H groups in total. The average molecular weight is 486 g/mol. The smallest absolute Gasteiger partial charge is 0.252 e. The first kappa shape index (κ1) is 26.7. The minimum atomic E-state index is -1.36. The Bertz CT molecular complexity index is 925. The molecular formula is C27H39N3O5. The van der Waals surface area contributed by atoms with Crippen LogP contribution >= 0.6 is 0 Å². The molecule has 0 aliphatic heterocycles. The summed E-state index contributed by atoms with van der Waals surface area (Å²) in [5.41, 5.74) is 1.53. The third-order valence-electron chi connectivity index (χ3n) is 6.43. The van der Waals surface area contributed by atoms with Gasteiger partial charge in [0.15, 0.2) is 6.10 Å². The Morgan fingerprint density at radius 1 is 1.11 bits per heavy atom. The summed E-state index contributed by atoms with van der Waals surface area (Å²) < 4.78 is 5.20. The van der Waals surface area contributed by atoms with Crippen molar-refractivity contribution in [3.63, 3.8) is 0 Å². The highest BCUT2D eigenvalue weighted by Crippen LogP contribution is 2.24. The molecule has 0 bridgehead atoms. The van der Waals surface area contributed by atoms with Crippen LogP contribution < -0.4 is 20.7 Å². The Morgan fingerprint density at radius 2 is 1.89 bits per heavy atom. The molecular weight excluding hydrogens is 446 g/mol. The van der Waals surface area contributed by atoms with Crippen LogP contribution in [0.25, 0.3) is 0 Å². The van der Waals surface area contributed by atoms with Crippen LogP contribution in [-0.2, 0) is 9.59 Å². The SMILES string of the molecule is COc1cccc(C(=O)N[C@@H](CC(C)C)C(=O)N[C@@H](CC2=CCCCC2)C(O)C(=O)NC2CC2)c1. The molecule has 1 aromatic rings. The van der Waals surface area contributed by atoms with Crippen molar-refractivity contribution in [3.05, 3.63) is 41.5 Å². The number of carbonyl (C=O) groups excluding carboxylic acids is 3. The average Bonchev–Trinajstić information content (AvgIpc) is 3.67. The number of aliphatic hydroxyl groups excluding tert-OH is 1. The highest BCUT2D eigenvalue weighted by Gasteiger charge is 2.34. The number of amides is 3. The van der Waals surface area contributed by atoms with E-state index >= 15 is 0 Å². The Kier molecular flexibility index (Phi) is 9.72. The fourth-order valence-electron chi connectivity index (χ4n) is 4.30. The van der Waals surface area contributed by atoms with E-state index in [2.05, 4.69) is 22.0 Å². The van der Waals surface area contributed by atoms with E-state index in [1.54, 1.807) is 24.3 Å². The van der Waals surface area contributed by atoms with Gasteiger partial charge in [-0.15, -0.1) is 0 Å².